The van der Waals surface area contributed by atoms with Gasteiger partial charge in [-0.05, 0) is 43.0 Å². The topological polar surface area (TPSA) is 93.7 Å². The lowest BCUT2D eigenvalue weighted by Crippen LogP contribution is -2.45. The summed E-state index contributed by atoms with van der Waals surface area (Å²) in [6.45, 7) is 4.28. The molecule has 3 rings (SSSR count). The van der Waals surface area contributed by atoms with Crippen molar-refractivity contribution < 1.29 is 22.7 Å². The molecule has 0 radical (unpaired) electrons. The molecule has 2 heterocycles. The van der Waals surface area contributed by atoms with Crippen molar-refractivity contribution in [1.29, 1.82) is 0 Å². The van der Waals surface area contributed by atoms with E-state index in [1.165, 1.54) is 13.0 Å². The molecule has 27 heavy (non-hydrogen) atoms. The molecule has 146 valence electrons. The fraction of sp³-hybridized carbons (Fsp3) is 0.353. The lowest BCUT2D eigenvalue weighted by atomic mass is 10.1. The second-order valence-corrected chi connectivity index (χ2v) is 9.77. The molecule has 2 unspecified atom stereocenters. The van der Waals surface area contributed by atoms with Gasteiger partial charge in [0.25, 0.3) is 10.0 Å². The molecule has 0 spiro atoms. The molecule has 0 bridgehead atoms. The van der Waals surface area contributed by atoms with Gasteiger partial charge in [0.05, 0.1) is 12.1 Å². The number of fused-ring (bicyclic) bond motifs is 1. The minimum absolute atomic E-state index is 0.171. The normalized spacial score (nSPS) is 15.8. The predicted octanol–water partition coefficient (Wildman–Crippen LogP) is 2.83. The van der Waals surface area contributed by atoms with Gasteiger partial charge >= 0.3 is 0 Å². The van der Waals surface area contributed by atoms with Crippen LogP contribution in [0.15, 0.2) is 38.3 Å². The number of sulfonamides is 1. The van der Waals surface area contributed by atoms with E-state index in [1.807, 2.05) is 13.0 Å². The van der Waals surface area contributed by atoms with E-state index in [0.29, 0.717) is 24.7 Å². The van der Waals surface area contributed by atoms with E-state index < -0.39 is 22.0 Å². The highest BCUT2D eigenvalue weighted by molar-refractivity contribution is 9.10. The molecule has 10 heteroatoms. The molecule has 1 aromatic heterocycles. The van der Waals surface area contributed by atoms with E-state index in [9.17, 15) is 13.2 Å². The lowest BCUT2D eigenvalue weighted by Gasteiger charge is -2.23. The number of benzene rings is 1. The number of hydrogen-bond donors (Lipinski definition) is 2. The molecule has 1 amide bonds. The fourth-order valence-electron chi connectivity index (χ4n) is 2.59. The largest absolute Gasteiger partial charge is 0.486 e. The zero-order valence-electron chi connectivity index (χ0n) is 14.7. The van der Waals surface area contributed by atoms with Crippen LogP contribution in [0.25, 0.3) is 0 Å². The highest BCUT2D eigenvalue weighted by Gasteiger charge is 2.25. The average Bonchev–Trinajstić information content (AvgIpc) is 3.16. The SMILES string of the molecule is CC(NS(=O)(=O)c1cccs1)C(=O)NC(C)c1cc2c(cc1Br)OCCO2. The molecule has 0 fully saturated rings. The average molecular weight is 475 g/mol. The molecule has 0 aliphatic carbocycles. The van der Waals surface area contributed by atoms with Crippen LogP contribution in [0.3, 0.4) is 0 Å². The Bertz CT molecular complexity index is 931. The van der Waals surface area contributed by atoms with Crippen molar-refractivity contribution in [2.24, 2.45) is 0 Å². The van der Waals surface area contributed by atoms with Crippen molar-refractivity contribution in [3.8, 4) is 11.5 Å². The van der Waals surface area contributed by atoms with Gasteiger partial charge in [0.1, 0.15) is 17.4 Å². The van der Waals surface area contributed by atoms with E-state index in [2.05, 4.69) is 26.0 Å². The minimum Gasteiger partial charge on any atom is -0.486 e. The van der Waals surface area contributed by atoms with Gasteiger partial charge in [-0.3, -0.25) is 4.79 Å². The summed E-state index contributed by atoms with van der Waals surface area (Å²) in [5, 5.41) is 4.49. The van der Waals surface area contributed by atoms with Crippen molar-refractivity contribution in [3.05, 3.63) is 39.7 Å². The molecule has 7 nitrogen and oxygen atoms in total. The Morgan fingerprint density at radius 1 is 1.22 bits per heavy atom. The zero-order chi connectivity index (χ0) is 19.6. The van der Waals surface area contributed by atoms with Gasteiger partial charge in [-0.2, -0.15) is 4.72 Å². The van der Waals surface area contributed by atoms with Crippen LogP contribution < -0.4 is 19.5 Å². The first-order valence-electron chi connectivity index (χ1n) is 8.23. The number of ether oxygens (including phenoxy) is 2. The molecule has 2 atom stereocenters. The Balaban J connectivity index is 1.68. The van der Waals surface area contributed by atoms with Gasteiger partial charge < -0.3 is 14.8 Å². The first-order chi connectivity index (χ1) is 12.8. The maximum Gasteiger partial charge on any atom is 0.250 e. The molecule has 1 aliphatic rings. The Morgan fingerprint density at radius 2 is 1.89 bits per heavy atom. The van der Waals surface area contributed by atoms with Crippen LogP contribution in [0.4, 0.5) is 0 Å². The summed E-state index contributed by atoms with van der Waals surface area (Å²) in [6, 6.07) is 5.46. The first-order valence-corrected chi connectivity index (χ1v) is 11.4. The van der Waals surface area contributed by atoms with Gasteiger partial charge in [0, 0.05) is 4.47 Å². The van der Waals surface area contributed by atoms with Gasteiger partial charge in [-0.15, -0.1) is 11.3 Å². The molecular formula is C17H19BrN2O5S2. The molecule has 0 saturated heterocycles. The number of carbonyl (C=O) groups is 1. The quantitative estimate of drug-likeness (QED) is 0.671. The van der Waals surface area contributed by atoms with Gasteiger partial charge in [0.15, 0.2) is 11.5 Å². The molecule has 1 aromatic carbocycles. The van der Waals surface area contributed by atoms with Gasteiger partial charge in [-0.1, -0.05) is 22.0 Å². The number of carbonyl (C=O) groups excluding carboxylic acids is 1. The Labute approximate surface area is 170 Å². The van der Waals surface area contributed by atoms with Crippen LogP contribution in [0, 0.1) is 0 Å². The van der Waals surface area contributed by atoms with Crippen molar-refractivity contribution >= 4 is 43.2 Å². The van der Waals surface area contributed by atoms with E-state index in [4.69, 9.17) is 9.47 Å². The summed E-state index contributed by atoms with van der Waals surface area (Å²) in [4.78, 5) is 12.5. The third-order valence-electron chi connectivity index (χ3n) is 3.97. The van der Waals surface area contributed by atoms with Crippen molar-refractivity contribution in [1.82, 2.24) is 10.0 Å². The van der Waals surface area contributed by atoms with Crippen LogP contribution in [0.2, 0.25) is 0 Å². The highest BCUT2D eigenvalue weighted by atomic mass is 79.9. The van der Waals surface area contributed by atoms with Crippen molar-refractivity contribution in [2.45, 2.75) is 30.1 Å². The van der Waals surface area contributed by atoms with Crippen molar-refractivity contribution in [2.75, 3.05) is 13.2 Å². The van der Waals surface area contributed by atoms with Gasteiger partial charge in [-0.25, -0.2) is 8.42 Å². The summed E-state index contributed by atoms with van der Waals surface area (Å²) in [5.74, 6) is 0.837. The maximum absolute atomic E-state index is 12.5. The number of halogens is 1. The predicted molar refractivity (Wildman–Crippen MR) is 106 cm³/mol. The first kappa shape index (κ1) is 20.1. The summed E-state index contributed by atoms with van der Waals surface area (Å²) in [7, 11) is -3.72. The third kappa shape index (κ3) is 4.63. The molecule has 2 aromatic rings. The Morgan fingerprint density at radius 3 is 2.52 bits per heavy atom. The summed E-state index contributed by atoms with van der Waals surface area (Å²) in [6.07, 6.45) is 0. The third-order valence-corrected chi connectivity index (χ3v) is 7.60. The molecule has 0 saturated carbocycles. The second kappa shape index (κ2) is 8.17. The summed E-state index contributed by atoms with van der Waals surface area (Å²) < 4.78 is 39.0. The van der Waals surface area contributed by atoms with E-state index in [-0.39, 0.29) is 10.3 Å². The Hall–Kier alpha value is -1.62. The van der Waals surface area contributed by atoms with E-state index >= 15 is 0 Å². The smallest absolute Gasteiger partial charge is 0.250 e. The number of amides is 1. The monoisotopic (exact) mass is 474 g/mol. The maximum atomic E-state index is 12.5. The minimum atomic E-state index is -3.72. The van der Waals surface area contributed by atoms with Crippen LogP contribution >= 0.6 is 27.3 Å². The number of rotatable bonds is 6. The number of thiophene rings is 1. The summed E-state index contributed by atoms with van der Waals surface area (Å²) >= 11 is 4.58. The van der Waals surface area contributed by atoms with Crippen LogP contribution in [-0.2, 0) is 14.8 Å². The fourth-order valence-corrected chi connectivity index (χ4v) is 5.47. The van der Waals surface area contributed by atoms with Crippen molar-refractivity contribution in [3.63, 3.8) is 0 Å². The van der Waals surface area contributed by atoms with E-state index in [1.54, 1.807) is 17.5 Å². The Kier molecular flexibility index (Phi) is 6.09. The van der Waals surface area contributed by atoms with Gasteiger partial charge in [0.2, 0.25) is 5.91 Å². The second-order valence-electron chi connectivity index (χ2n) is 6.02. The van der Waals surface area contributed by atoms with Crippen LogP contribution in [-0.4, -0.2) is 33.6 Å². The molecular weight excluding hydrogens is 456 g/mol. The lowest BCUT2D eigenvalue weighted by molar-refractivity contribution is -0.123. The standard InChI is InChI=1S/C17H19BrN2O5S2/c1-10(12-8-14-15(9-13(12)18)25-6-5-24-14)19-17(21)11(2)20-27(22,23)16-4-3-7-26-16/h3-4,7-11,20H,5-6H2,1-2H3,(H,19,21). The number of hydrogen-bond acceptors (Lipinski definition) is 6. The molecule has 1 aliphatic heterocycles. The van der Waals surface area contributed by atoms with E-state index in [0.717, 1.165) is 21.4 Å². The van der Waals surface area contributed by atoms with Crippen LogP contribution in [0.1, 0.15) is 25.5 Å². The highest BCUT2D eigenvalue weighted by Crippen LogP contribution is 2.37. The zero-order valence-corrected chi connectivity index (χ0v) is 17.9. The molecule has 2 N–H and O–H groups in total. The number of nitrogens with one attached hydrogen (secondary N) is 2. The summed E-state index contributed by atoms with van der Waals surface area (Å²) in [5.41, 5.74) is 0.806. The van der Waals surface area contributed by atoms with Crippen LogP contribution in [0.5, 0.6) is 11.5 Å².